The molecule has 1 saturated carbocycles. The third kappa shape index (κ3) is 3.31. The number of aromatic amines is 1. The number of rotatable bonds is 4. The third-order valence-electron chi connectivity index (χ3n) is 7.30. The van der Waals surface area contributed by atoms with Gasteiger partial charge in [0.25, 0.3) is 0 Å². The minimum Gasteiger partial charge on any atom is -0.396 e. The largest absolute Gasteiger partial charge is 0.396 e. The maximum absolute atomic E-state index is 9.53. The zero-order valence-electron chi connectivity index (χ0n) is 17.8. The number of pyridine rings is 1. The van der Waals surface area contributed by atoms with E-state index in [1.165, 1.54) is 43.5 Å². The Labute approximate surface area is 182 Å². The number of anilines is 3. The number of aliphatic hydroxyl groups excluding tert-OH is 1. The number of imidazole rings is 1. The Morgan fingerprint density at radius 2 is 2.00 bits per heavy atom. The molecule has 0 bridgehead atoms. The van der Waals surface area contributed by atoms with Crippen molar-refractivity contribution in [1.29, 1.82) is 0 Å². The van der Waals surface area contributed by atoms with Gasteiger partial charge < -0.3 is 25.2 Å². The average molecular weight is 419 g/mol. The van der Waals surface area contributed by atoms with Crippen molar-refractivity contribution in [2.24, 2.45) is 5.92 Å². The van der Waals surface area contributed by atoms with Crippen LogP contribution in [0.2, 0.25) is 0 Å². The number of nitrogens with one attached hydrogen (secondary N) is 2. The molecule has 162 valence electrons. The quantitative estimate of drug-likeness (QED) is 0.595. The number of hydrogen-bond donors (Lipinski definition) is 3. The number of aliphatic hydroxyl groups is 1. The Kier molecular flexibility index (Phi) is 4.71. The van der Waals surface area contributed by atoms with Crippen LogP contribution in [0.25, 0.3) is 22.3 Å². The Bertz CT molecular complexity index is 1090. The van der Waals surface area contributed by atoms with Crippen LogP contribution in [0.5, 0.6) is 0 Å². The van der Waals surface area contributed by atoms with Crippen molar-refractivity contribution in [2.75, 3.05) is 41.5 Å². The van der Waals surface area contributed by atoms with E-state index in [4.69, 9.17) is 4.98 Å². The van der Waals surface area contributed by atoms with Gasteiger partial charge in [0.2, 0.25) is 0 Å². The first kappa shape index (κ1) is 18.9. The Hall–Kier alpha value is -2.80. The van der Waals surface area contributed by atoms with E-state index in [0.29, 0.717) is 12.0 Å². The molecule has 2 aromatic heterocycles. The van der Waals surface area contributed by atoms with E-state index in [1.807, 2.05) is 0 Å². The summed E-state index contributed by atoms with van der Waals surface area (Å²) >= 11 is 0. The SMILES string of the molecule is OC[C@H]1CCN(c2cc3[nH]cnc3c(-c3ccc4c(c3)NCN4C3CCCCC3)n2)C1. The summed E-state index contributed by atoms with van der Waals surface area (Å²) in [5.74, 6) is 1.29. The molecule has 1 saturated heterocycles. The number of benzene rings is 1. The van der Waals surface area contributed by atoms with Gasteiger partial charge in [-0.1, -0.05) is 25.3 Å². The highest BCUT2D eigenvalue weighted by Gasteiger charge is 2.28. The van der Waals surface area contributed by atoms with Crippen molar-refractivity contribution in [3.63, 3.8) is 0 Å². The van der Waals surface area contributed by atoms with Gasteiger partial charge in [-0.3, -0.25) is 0 Å². The van der Waals surface area contributed by atoms with Crippen molar-refractivity contribution in [1.82, 2.24) is 15.0 Å². The van der Waals surface area contributed by atoms with Gasteiger partial charge >= 0.3 is 0 Å². The molecule has 6 rings (SSSR count). The number of aromatic nitrogens is 3. The molecule has 0 spiro atoms. The normalized spacial score (nSPS) is 21.6. The molecule has 0 unspecified atom stereocenters. The van der Waals surface area contributed by atoms with Crippen LogP contribution in [0.4, 0.5) is 17.2 Å². The lowest BCUT2D eigenvalue weighted by atomic mass is 9.94. The Morgan fingerprint density at radius 3 is 2.84 bits per heavy atom. The van der Waals surface area contributed by atoms with Gasteiger partial charge in [0.15, 0.2) is 0 Å². The predicted octanol–water partition coefficient (Wildman–Crippen LogP) is 3.97. The van der Waals surface area contributed by atoms with Gasteiger partial charge in [-0.15, -0.1) is 0 Å². The minimum atomic E-state index is 0.240. The minimum absolute atomic E-state index is 0.240. The maximum Gasteiger partial charge on any atom is 0.131 e. The fraction of sp³-hybridized carbons (Fsp3) is 0.500. The van der Waals surface area contributed by atoms with Crippen molar-refractivity contribution < 1.29 is 5.11 Å². The van der Waals surface area contributed by atoms with Crippen LogP contribution in [0.3, 0.4) is 0 Å². The molecule has 4 heterocycles. The second-order valence-corrected chi connectivity index (χ2v) is 9.24. The lowest BCUT2D eigenvalue weighted by molar-refractivity contribution is 0.238. The van der Waals surface area contributed by atoms with E-state index in [0.717, 1.165) is 54.3 Å². The van der Waals surface area contributed by atoms with E-state index in [-0.39, 0.29) is 6.61 Å². The second kappa shape index (κ2) is 7.71. The van der Waals surface area contributed by atoms with Crippen LogP contribution in [-0.4, -0.2) is 52.5 Å². The topological polar surface area (TPSA) is 80.3 Å². The van der Waals surface area contributed by atoms with Gasteiger partial charge in [-0.2, -0.15) is 0 Å². The molecular weight excluding hydrogens is 388 g/mol. The highest BCUT2D eigenvalue weighted by atomic mass is 16.3. The molecule has 3 N–H and O–H groups in total. The summed E-state index contributed by atoms with van der Waals surface area (Å²) in [4.78, 5) is 17.7. The van der Waals surface area contributed by atoms with Crippen molar-refractivity contribution in [3.05, 3.63) is 30.6 Å². The summed E-state index contributed by atoms with van der Waals surface area (Å²) in [5, 5.41) is 13.1. The lowest BCUT2D eigenvalue weighted by Crippen LogP contribution is -2.36. The smallest absolute Gasteiger partial charge is 0.131 e. The van der Waals surface area contributed by atoms with Crippen LogP contribution in [-0.2, 0) is 0 Å². The molecule has 1 aromatic carbocycles. The summed E-state index contributed by atoms with van der Waals surface area (Å²) in [6, 6.07) is 9.43. The molecule has 0 radical (unpaired) electrons. The molecule has 3 aliphatic rings. The second-order valence-electron chi connectivity index (χ2n) is 9.24. The molecule has 2 fully saturated rings. The van der Waals surface area contributed by atoms with Crippen molar-refractivity contribution in [3.8, 4) is 11.3 Å². The Balaban J connectivity index is 1.35. The lowest BCUT2D eigenvalue weighted by Gasteiger charge is -2.32. The number of hydrogen-bond acceptors (Lipinski definition) is 6. The van der Waals surface area contributed by atoms with Crippen LogP contribution in [0, 0.1) is 5.92 Å². The molecular formula is C24H30N6O. The van der Waals surface area contributed by atoms with Crippen LogP contribution in [0.1, 0.15) is 38.5 Å². The van der Waals surface area contributed by atoms with Gasteiger partial charge in [0.1, 0.15) is 17.0 Å². The molecule has 7 heteroatoms. The van der Waals surface area contributed by atoms with Gasteiger partial charge in [0, 0.05) is 43.3 Å². The number of nitrogens with zero attached hydrogens (tertiary/aromatic N) is 4. The van der Waals surface area contributed by atoms with E-state index in [9.17, 15) is 5.11 Å². The van der Waals surface area contributed by atoms with Gasteiger partial charge in [-0.25, -0.2) is 9.97 Å². The zero-order chi connectivity index (χ0) is 20.8. The number of H-pyrrole nitrogens is 1. The van der Waals surface area contributed by atoms with Crippen LogP contribution < -0.4 is 15.1 Å². The summed E-state index contributed by atoms with van der Waals surface area (Å²) in [6.07, 6.45) is 9.41. The van der Waals surface area contributed by atoms with E-state index in [2.05, 4.69) is 49.4 Å². The molecule has 2 aliphatic heterocycles. The van der Waals surface area contributed by atoms with Crippen molar-refractivity contribution in [2.45, 2.75) is 44.6 Å². The van der Waals surface area contributed by atoms with E-state index < -0.39 is 0 Å². The Morgan fingerprint density at radius 1 is 1.10 bits per heavy atom. The van der Waals surface area contributed by atoms with Gasteiger partial charge in [0.05, 0.1) is 29.9 Å². The monoisotopic (exact) mass is 418 g/mol. The van der Waals surface area contributed by atoms with Crippen LogP contribution in [0.15, 0.2) is 30.6 Å². The molecule has 0 amide bonds. The van der Waals surface area contributed by atoms with Crippen molar-refractivity contribution >= 4 is 28.2 Å². The van der Waals surface area contributed by atoms with Gasteiger partial charge in [-0.05, 0) is 31.4 Å². The molecule has 1 aliphatic carbocycles. The standard InChI is InChI=1S/C24H30N6O/c31-13-16-8-9-29(12-16)22-11-20-24(26-14-25-20)23(28-22)17-6-7-21-19(10-17)27-15-30(21)18-4-2-1-3-5-18/h6-7,10-11,14,16,18,27,31H,1-5,8-9,12-13,15H2,(H,25,26)/t16-/m0/s1. The molecule has 31 heavy (non-hydrogen) atoms. The summed E-state index contributed by atoms with van der Waals surface area (Å²) in [7, 11) is 0. The predicted molar refractivity (Wildman–Crippen MR) is 125 cm³/mol. The third-order valence-corrected chi connectivity index (χ3v) is 7.30. The highest BCUT2D eigenvalue weighted by Crippen LogP contribution is 2.40. The summed E-state index contributed by atoms with van der Waals surface area (Å²) < 4.78 is 0. The first-order chi connectivity index (χ1) is 15.3. The summed E-state index contributed by atoms with van der Waals surface area (Å²) in [6.45, 7) is 2.92. The van der Waals surface area contributed by atoms with E-state index in [1.54, 1.807) is 6.33 Å². The van der Waals surface area contributed by atoms with Crippen LogP contribution >= 0.6 is 0 Å². The fourth-order valence-corrected chi connectivity index (χ4v) is 5.53. The molecule has 7 nitrogen and oxygen atoms in total. The summed E-state index contributed by atoms with van der Waals surface area (Å²) in [5.41, 5.74) is 6.43. The highest BCUT2D eigenvalue weighted by molar-refractivity contribution is 5.93. The zero-order valence-corrected chi connectivity index (χ0v) is 17.8. The molecule has 3 aromatic rings. The molecule has 1 atom stereocenters. The number of fused-ring (bicyclic) bond motifs is 2. The first-order valence-corrected chi connectivity index (χ1v) is 11.6. The first-order valence-electron chi connectivity index (χ1n) is 11.6. The fourth-order valence-electron chi connectivity index (χ4n) is 5.53. The average Bonchev–Trinajstić information content (AvgIpc) is 3.57. The maximum atomic E-state index is 9.53. The van der Waals surface area contributed by atoms with E-state index >= 15 is 0 Å².